The van der Waals surface area contributed by atoms with Crippen LogP contribution in [0, 0.1) is 0 Å². The molecule has 0 aliphatic carbocycles. The first-order valence-corrected chi connectivity index (χ1v) is 8.74. The average Bonchev–Trinajstić information content (AvgIpc) is 3.13. The van der Waals surface area contributed by atoms with E-state index in [1.165, 1.54) is 23.2 Å². The lowest BCUT2D eigenvalue weighted by Gasteiger charge is -2.39. The molecule has 0 saturated carbocycles. The summed E-state index contributed by atoms with van der Waals surface area (Å²) in [5.41, 5.74) is 1.71. The molecule has 1 aromatic heterocycles. The molecule has 27 heavy (non-hydrogen) atoms. The Morgan fingerprint density at radius 3 is 2.44 bits per heavy atom. The number of hydrogen-bond donors (Lipinski definition) is 2. The van der Waals surface area contributed by atoms with Crippen molar-refractivity contribution in [3.63, 3.8) is 0 Å². The van der Waals surface area contributed by atoms with Crippen molar-refractivity contribution in [2.45, 2.75) is 57.1 Å². The number of carbonyl (C=O) groups is 1. The van der Waals surface area contributed by atoms with Gasteiger partial charge in [0, 0.05) is 31.4 Å². The summed E-state index contributed by atoms with van der Waals surface area (Å²) in [4.78, 5) is 19.2. The third-order valence-electron chi connectivity index (χ3n) is 4.80. The number of halogens is 3. The molecule has 2 saturated heterocycles. The van der Waals surface area contributed by atoms with Crippen LogP contribution >= 0.6 is 0 Å². The molecule has 2 fully saturated rings. The van der Waals surface area contributed by atoms with Gasteiger partial charge in [0.05, 0.1) is 0 Å². The summed E-state index contributed by atoms with van der Waals surface area (Å²) in [7, 11) is 0. The second kappa shape index (κ2) is 6.83. The van der Waals surface area contributed by atoms with E-state index in [4.69, 9.17) is 10.6 Å². The first-order valence-electron chi connectivity index (χ1n) is 8.74. The Morgan fingerprint density at radius 2 is 2.00 bits per heavy atom. The van der Waals surface area contributed by atoms with Crippen molar-refractivity contribution >= 4 is 11.9 Å². The van der Waals surface area contributed by atoms with E-state index in [0.717, 1.165) is 0 Å². The molecule has 1 aromatic rings. The van der Waals surface area contributed by atoms with E-state index < -0.39 is 23.9 Å². The quantitative estimate of drug-likeness (QED) is 0.613. The normalized spacial score (nSPS) is 24.2. The third kappa shape index (κ3) is 4.11. The van der Waals surface area contributed by atoms with Crippen molar-refractivity contribution in [2.24, 2.45) is 5.84 Å². The number of piperazine rings is 1. The number of fused-ring (bicyclic) bond motifs is 2. The number of nitrogen functional groups attached to an aromatic ring is 1. The van der Waals surface area contributed by atoms with Crippen molar-refractivity contribution in [3.05, 3.63) is 23.9 Å². The first-order chi connectivity index (χ1) is 12.5. The number of nitrogens with one attached hydrogen (secondary N) is 1. The number of aromatic nitrogens is 1. The lowest BCUT2D eigenvalue weighted by atomic mass is 10.1. The van der Waals surface area contributed by atoms with Crippen LogP contribution in [-0.4, -0.2) is 57.8 Å². The predicted octanol–water partition coefficient (Wildman–Crippen LogP) is 2.66. The van der Waals surface area contributed by atoms with Crippen LogP contribution in [0.4, 0.5) is 23.8 Å². The minimum absolute atomic E-state index is 0.0536. The number of carbonyl (C=O) groups excluding carboxylic acids is 1. The molecule has 2 bridgehead atoms. The summed E-state index contributed by atoms with van der Waals surface area (Å²) in [6.07, 6.45) is -3.24. The van der Waals surface area contributed by atoms with E-state index in [1.807, 2.05) is 0 Å². The highest BCUT2D eigenvalue weighted by molar-refractivity contribution is 5.69. The van der Waals surface area contributed by atoms with E-state index in [1.54, 1.807) is 25.7 Å². The Hall–Kier alpha value is -2.07. The van der Waals surface area contributed by atoms with E-state index in [-0.39, 0.29) is 30.7 Å². The summed E-state index contributed by atoms with van der Waals surface area (Å²) in [6, 6.07) is 0.356. The number of hydrogen-bond acceptors (Lipinski definition) is 6. The van der Waals surface area contributed by atoms with Crippen LogP contribution in [0.5, 0.6) is 0 Å². The SMILES string of the molecule is CC(C)(C)OC(=O)N1CC2CC1CN2[C@@H](c1ccc(NN)nc1)C(F)(F)F. The fourth-order valence-electron chi connectivity index (χ4n) is 3.78. The smallest absolute Gasteiger partial charge is 0.410 e. The molecule has 1 amide bonds. The zero-order chi connectivity index (χ0) is 20.0. The predicted molar refractivity (Wildman–Crippen MR) is 92.7 cm³/mol. The van der Waals surface area contributed by atoms with Crippen molar-refractivity contribution in [2.75, 3.05) is 18.5 Å². The Bertz CT molecular complexity index is 689. The number of nitrogens with zero attached hydrogens (tertiary/aromatic N) is 3. The molecule has 150 valence electrons. The summed E-state index contributed by atoms with van der Waals surface area (Å²) < 4.78 is 46.8. The van der Waals surface area contributed by atoms with Gasteiger partial charge in [-0.3, -0.25) is 4.90 Å². The number of rotatable bonds is 3. The molecule has 2 unspecified atom stereocenters. The van der Waals surface area contributed by atoms with Gasteiger partial charge in [-0.1, -0.05) is 6.07 Å². The van der Waals surface area contributed by atoms with Gasteiger partial charge in [0.25, 0.3) is 0 Å². The minimum Gasteiger partial charge on any atom is -0.444 e. The highest BCUT2D eigenvalue weighted by Gasteiger charge is 2.55. The van der Waals surface area contributed by atoms with Crippen LogP contribution in [0.2, 0.25) is 0 Å². The highest BCUT2D eigenvalue weighted by atomic mass is 19.4. The number of pyridine rings is 1. The molecule has 2 aliphatic rings. The highest BCUT2D eigenvalue weighted by Crippen LogP contribution is 2.44. The second-order valence-electron chi connectivity index (χ2n) is 7.94. The molecule has 7 nitrogen and oxygen atoms in total. The van der Waals surface area contributed by atoms with Gasteiger partial charge in [-0.15, -0.1) is 0 Å². The number of amides is 1. The van der Waals surface area contributed by atoms with Crippen LogP contribution in [0.25, 0.3) is 0 Å². The van der Waals surface area contributed by atoms with Crippen LogP contribution in [0.3, 0.4) is 0 Å². The van der Waals surface area contributed by atoms with Crippen molar-refractivity contribution in [1.82, 2.24) is 14.8 Å². The van der Waals surface area contributed by atoms with E-state index >= 15 is 0 Å². The second-order valence-corrected chi connectivity index (χ2v) is 7.94. The lowest BCUT2D eigenvalue weighted by molar-refractivity contribution is -0.191. The number of anilines is 1. The van der Waals surface area contributed by atoms with Gasteiger partial charge in [-0.2, -0.15) is 13.2 Å². The molecule has 0 radical (unpaired) electrons. The number of alkyl halides is 3. The maximum Gasteiger partial charge on any atom is 0.410 e. The molecule has 0 aromatic carbocycles. The molecule has 3 N–H and O–H groups in total. The van der Waals surface area contributed by atoms with Gasteiger partial charge < -0.3 is 15.1 Å². The topological polar surface area (TPSA) is 83.7 Å². The van der Waals surface area contributed by atoms with Crippen LogP contribution < -0.4 is 11.3 Å². The number of nitrogens with two attached hydrogens (primary N) is 1. The molecule has 2 aliphatic heterocycles. The van der Waals surface area contributed by atoms with Crippen molar-refractivity contribution in [3.8, 4) is 0 Å². The maximum atomic E-state index is 13.8. The Kier molecular flexibility index (Phi) is 4.98. The monoisotopic (exact) mass is 387 g/mol. The molecular weight excluding hydrogens is 363 g/mol. The molecular formula is C17H24F3N5O2. The summed E-state index contributed by atoms with van der Waals surface area (Å²) in [5.74, 6) is 5.52. The van der Waals surface area contributed by atoms with Crippen LogP contribution in [-0.2, 0) is 4.74 Å². The van der Waals surface area contributed by atoms with E-state index in [9.17, 15) is 18.0 Å². The molecule has 10 heteroatoms. The first kappa shape index (κ1) is 19.7. The minimum atomic E-state index is -4.46. The largest absolute Gasteiger partial charge is 0.444 e. The molecule has 3 atom stereocenters. The Balaban J connectivity index is 1.77. The maximum absolute atomic E-state index is 13.8. The Labute approximate surface area is 155 Å². The summed E-state index contributed by atoms with van der Waals surface area (Å²) in [5, 5.41) is 0. The van der Waals surface area contributed by atoms with Crippen molar-refractivity contribution < 1.29 is 22.7 Å². The zero-order valence-electron chi connectivity index (χ0n) is 15.5. The van der Waals surface area contributed by atoms with Gasteiger partial charge in [0.1, 0.15) is 17.5 Å². The van der Waals surface area contributed by atoms with Gasteiger partial charge >= 0.3 is 12.3 Å². The summed E-state index contributed by atoms with van der Waals surface area (Å²) >= 11 is 0. The average molecular weight is 387 g/mol. The summed E-state index contributed by atoms with van der Waals surface area (Å²) in [6.45, 7) is 5.65. The molecule has 3 rings (SSSR count). The van der Waals surface area contributed by atoms with E-state index in [0.29, 0.717) is 12.2 Å². The van der Waals surface area contributed by atoms with Gasteiger partial charge in [-0.05, 0) is 38.8 Å². The molecule has 3 heterocycles. The van der Waals surface area contributed by atoms with Crippen LogP contribution in [0.15, 0.2) is 18.3 Å². The van der Waals surface area contributed by atoms with Gasteiger partial charge in [0.15, 0.2) is 0 Å². The van der Waals surface area contributed by atoms with Gasteiger partial charge in [0.2, 0.25) is 0 Å². The number of ether oxygens (including phenoxy) is 1. The Morgan fingerprint density at radius 1 is 1.30 bits per heavy atom. The standard InChI is InChI=1S/C17H24F3N5O2/c1-16(2,3)27-15(26)25-9-11-6-12(25)8-24(11)14(17(18,19)20)10-4-5-13(23-21)22-7-10/h4-5,7,11-12,14H,6,8-9,21H2,1-3H3,(H,22,23)/t11?,12?,14-/m0/s1. The van der Waals surface area contributed by atoms with Gasteiger partial charge in [-0.25, -0.2) is 15.6 Å². The lowest BCUT2D eigenvalue weighted by Crippen LogP contribution is -2.53. The number of hydrazine groups is 1. The third-order valence-corrected chi connectivity index (χ3v) is 4.80. The number of likely N-dealkylation sites (tertiary alicyclic amines) is 2. The fourth-order valence-corrected chi connectivity index (χ4v) is 3.78. The van der Waals surface area contributed by atoms with Crippen LogP contribution in [0.1, 0.15) is 38.8 Å². The fraction of sp³-hybridized carbons (Fsp3) is 0.647. The molecule has 0 spiro atoms. The van der Waals surface area contributed by atoms with Crippen molar-refractivity contribution in [1.29, 1.82) is 0 Å². The van der Waals surface area contributed by atoms with E-state index in [2.05, 4.69) is 10.4 Å². The zero-order valence-corrected chi connectivity index (χ0v) is 15.5.